The van der Waals surface area contributed by atoms with E-state index < -0.39 is 7.37 Å². The van der Waals surface area contributed by atoms with Gasteiger partial charge in [0.1, 0.15) is 0 Å². The fraction of sp³-hybridized carbons (Fsp3) is 0.333. The summed E-state index contributed by atoms with van der Waals surface area (Å²) in [5, 5.41) is 0.904. The zero-order valence-electron chi connectivity index (χ0n) is 10.6. The molecule has 3 rings (SSSR count). The predicted octanol–water partition coefficient (Wildman–Crippen LogP) is 3.61. The second-order valence-electron chi connectivity index (χ2n) is 5.12. The van der Waals surface area contributed by atoms with Crippen molar-refractivity contribution < 1.29 is 9.09 Å². The Balaban J connectivity index is 2.21. The van der Waals surface area contributed by atoms with Crippen LogP contribution in [0.2, 0.25) is 0 Å². The van der Waals surface area contributed by atoms with Gasteiger partial charge in [-0.15, -0.1) is 0 Å². The van der Waals surface area contributed by atoms with Crippen LogP contribution in [0.25, 0.3) is 0 Å². The van der Waals surface area contributed by atoms with Crippen LogP contribution in [-0.4, -0.2) is 11.8 Å². The Morgan fingerprint density at radius 2 is 1.89 bits per heavy atom. The topological polar surface area (TPSA) is 26.3 Å². The third kappa shape index (κ3) is 1.64. The van der Waals surface area contributed by atoms with Crippen LogP contribution >= 0.6 is 7.37 Å². The van der Waals surface area contributed by atoms with E-state index in [1.165, 1.54) is 0 Å². The summed E-state index contributed by atoms with van der Waals surface area (Å²) in [4.78, 5) is 0. The second kappa shape index (κ2) is 4.22. The van der Waals surface area contributed by atoms with E-state index in [0.717, 1.165) is 10.9 Å². The zero-order chi connectivity index (χ0) is 12.8. The van der Waals surface area contributed by atoms with Gasteiger partial charge in [-0.25, -0.2) is 0 Å². The summed E-state index contributed by atoms with van der Waals surface area (Å²) in [6.45, 7) is 3.94. The first kappa shape index (κ1) is 12.0. The largest absolute Gasteiger partial charge is 0.317 e. The summed E-state index contributed by atoms with van der Waals surface area (Å²) < 4.78 is 19.1. The van der Waals surface area contributed by atoms with Crippen molar-refractivity contribution in [2.24, 2.45) is 0 Å². The molecule has 94 valence electrons. The Morgan fingerprint density at radius 1 is 1.17 bits per heavy atom. The van der Waals surface area contributed by atoms with Crippen molar-refractivity contribution in [1.82, 2.24) is 0 Å². The Morgan fingerprint density at radius 3 is 2.67 bits per heavy atom. The summed E-state index contributed by atoms with van der Waals surface area (Å²) in [5.41, 5.74) is 1.17. The molecule has 0 bridgehead atoms. The Kier molecular flexibility index (Phi) is 2.80. The van der Waals surface area contributed by atoms with Crippen LogP contribution in [0.15, 0.2) is 48.6 Å². The van der Waals surface area contributed by atoms with Crippen LogP contribution in [0.4, 0.5) is 0 Å². The van der Waals surface area contributed by atoms with Gasteiger partial charge in [0, 0.05) is 16.9 Å². The fourth-order valence-corrected chi connectivity index (χ4v) is 5.01. The van der Waals surface area contributed by atoms with E-state index in [0.29, 0.717) is 0 Å². The van der Waals surface area contributed by atoms with Crippen LogP contribution < -0.4 is 5.30 Å². The molecule has 0 aromatic heterocycles. The smallest absolute Gasteiger partial charge is 0.235 e. The maximum absolute atomic E-state index is 13.1. The average molecular weight is 260 g/mol. The zero-order valence-corrected chi connectivity index (χ0v) is 11.5. The molecule has 0 spiro atoms. The van der Waals surface area contributed by atoms with Gasteiger partial charge in [-0.2, -0.15) is 0 Å². The van der Waals surface area contributed by atoms with Gasteiger partial charge in [0.2, 0.25) is 7.37 Å². The summed E-state index contributed by atoms with van der Waals surface area (Å²) >= 11 is 0. The van der Waals surface area contributed by atoms with Gasteiger partial charge in [-0.3, -0.25) is 4.57 Å². The van der Waals surface area contributed by atoms with Gasteiger partial charge >= 0.3 is 0 Å². The Labute approximate surface area is 108 Å². The van der Waals surface area contributed by atoms with Gasteiger partial charge in [0.25, 0.3) is 0 Å². The molecular formula is C15H17O2P. The second-order valence-corrected chi connectivity index (χ2v) is 8.03. The summed E-state index contributed by atoms with van der Waals surface area (Å²) in [6, 6.07) is 7.99. The molecule has 1 aromatic carbocycles. The van der Waals surface area contributed by atoms with Crippen LogP contribution in [0.5, 0.6) is 0 Å². The molecule has 3 unspecified atom stereocenters. The van der Waals surface area contributed by atoms with Crippen LogP contribution in [0, 0.1) is 0 Å². The number of benzene rings is 1. The van der Waals surface area contributed by atoms with Crippen LogP contribution in [0.3, 0.4) is 0 Å². The molecule has 2 nitrogen and oxygen atoms in total. The normalized spacial score (nSPS) is 33.3. The van der Waals surface area contributed by atoms with E-state index in [9.17, 15) is 4.57 Å². The van der Waals surface area contributed by atoms with Crippen molar-refractivity contribution in [2.45, 2.75) is 31.5 Å². The number of allylic oxidation sites excluding steroid dienone is 2. The highest BCUT2D eigenvalue weighted by Crippen LogP contribution is 2.57. The number of rotatable bonds is 1. The van der Waals surface area contributed by atoms with Crippen molar-refractivity contribution in [3.05, 3.63) is 54.1 Å². The third-order valence-electron chi connectivity index (χ3n) is 3.67. The van der Waals surface area contributed by atoms with Gasteiger partial charge in [-0.05, 0) is 11.6 Å². The first-order chi connectivity index (χ1) is 8.63. The molecule has 1 aliphatic heterocycles. The van der Waals surface area contributed by atoms with E-state index in [-0.39, 0.29) is 17.7 Å². The van der Waals surface area contributed by atoms with Gasteiger partial charge < -0.3 is 4.52 Å². The lowest BCUT2D eigenvalue weighted by molar-refractivity contribution is 0.228. The fourth-order valence-electron chi connectivity index (χ4n) is 2.66. The highest BCUT2D eigenvalue weighted by Gasteiger charge is 2.42. The minimum absolute atomic E-state index is 0.0129. The van der Waals surface area contributed by atoms with Crippen molar-refractivity contribution in [3.8, 4) is 0 Å². The van der Waals surface area contributed by atoms with Gasteiger partial charge in [-0.1, -0.05) is 56.4 Å². The van der Waals surface area contributed by atoms with Crippen LogP contribution in [0.1, 0.15) is 25.3 Å². The SMILES string of the molecule is CC(C)P1(=O)OC2C=CC=CC2c2ccccc21. The number of hydrogen-bond acceptors (Lipinski definition) is 2. The maximum atomic E-state index is 13.1. The standard InChI is InChI=1S/C15H17O2P/c1-11(2)18(16)15-10-6-4-8-13(15)12-7-3-5-9-14(12)17-18/h3-12,14H,1-2H3. The number of fused-ring (bicyclic) bond motifs is 3. The summed E-state index contributed by atoms with van der Waals surface area (Å²) in [7, 11) is -2.75. The monoisotopic (exact) mass is 260 g/mol. The Bertz CT molecular complexity index is 572. The quantitative estimate of drug-likeness (QED) is 0.721. The van der Waals surface area contributed by atoms with E-state index in [1.54, 1.807) is 0 Å². The molecule has 1 aromatic rings. The molecule has 2 aliphatic rings. The first-order valence-corrected chi connectivity index (χ1v) is 8.05. The van der Waals surface area contributed by atoms with E-state index in [2.05, 4.69) is 12.1 Å². The molecule has 0 saturated heterocycles. The highest BCUT2D eigenvalue weighted by molar-refractivity contribution is 7.67. The van der Waals surface area contributed by atoms with E-state index in [4.69, 9.17) is 4.52 Å². The Hall–Kier alpha value is -1.11. The lowest BCUT2D eigenvalue weighted by Gasteiger charge is -2.38. The van der Waals surface area contributed by atoms with Crippen molar-refractivity contribution in [1.29, 1.82) is 0 Å². The predicted molar refractivity (Wildman–Crippen MR) is 74.7 cm³/mol. The number of hydrogen-bond donors (Lipinski definition) is 0. The van der Waals surface area contributed by atoms with E-state index >= 15 is 0 Å². The minimum atomic E-state index is -2.75. The molecule has 0 amide bonds. The molecule has 3 heteroatoms. The van der Waals surface area contributed by atoms with Crippen molar-refractivity contribution >= 4 is 12.7 Å². The lowest BCUT2D eigenvalue weighted by atomic mass is 9.90. The molecule has 0 N–H and O–H groups in total. The summed E-state index contributed by atoms with van der Waals surface area (Å²) in [5.74, 6) is 0.201. The molecule has 3 atom stereocenters. The molecule has 0 fully saturated rings. The third-order valence-corrected chi connectivity index (χ3v) is 6.67. The summed E-state index contributed by atoms with van der Waals surface area (Å²) in [6.07, 6.45) is 8.06. The van der Waals surface area contributed by atoms with Gasteiger partial charge in [0.15, 0.2) is 0 Å². The molecule has 0 radical (unpaired) electrons. The van der Waals surface area contributed by atoms with Gasteiger partial charge in [0.05, 0.1) is 6.10 Å². The first-order valence-electron chi connectivity index (χ1n) is 6.35. The van der Waals surface area contributed by atoms with Crippen molar-refractivity contribution in [2.75, 3.05) is 0 Å². The molecule has 1 heterocycles. The molecule has 0 saturated carbocycles. The van der Waals surface area contributed by atoms with Crippen molar-refractivity contribution in [3.63, 3.8) is 0 Å². The van der Waals surface area contributed by atoms with Crippen LogP contribution in [-0.2, 0) is 9.09 Å². The minimum Gasteiger partial charge on any atom is -0.317 e. The molecule has 1 aliphatic carbocycles. The highest BCUT2D eigenvalue weighted by atomic mass is 31.2. The maximum Gasteiger partial charge on any atom is 0.235 e. The van der Waals surface area contributed by atoms with E-state index in [1.807, 2.05) is 50.3 Å². The molecule has 18 heavy (non-hydrogen) atoms. The average Bonchev–Trinajstić information content (AvgIpc) is 2.39. The lowest BCUT2D eigenvalue weighted by Crippen LogP contribution is -2.34. The molecular weight excluding hydrogens is 243 g/mol.